The number of aromatic nitrogens is 2. The van der Waals surface area contributed by atoms with Gasteiger partial charge in [-0.15, -0.1) is 0 Å². The van der Waals surface area contributed by atoms with Crippen LogP contribution in [0.15, 0.2) is 71.6 Å². The molecule has 10 heteroatoms. The van der Waals surface area contributed by atoms with Crippen molar-refractivity contribution in [3.63, 3.8) is 0 Å². The lowest BCUT2D eigenvalue weighted by molar-refractivity contribution is -0.385. The van der Waals surface area contributed by atoms with Crippen LogP contribution in [-0.4, -0.2) is 30.4 Å². The van der Waals surface area contributed by atoms with E-state index in [1.165, 1.54) is 18.2 Å². The van der Waals surface area contributed by atoms with E-state index in [4.69, 9.17) is 4.74 Å². The Bertz CT molecular complexity index is 1470. The topological polar surface area (TPSA) is 124 Å². The summed E-state index contributed by atoms with van der Waals surface area (Å²) in [6.07, 6.45) is 0.294. The lowest BCUT2D eigenvalue weighted by Gasteiger charge is -2.13. The number of hydrogen-bond donors (Lipinski definition) is 1. The minimum absolute atomic E-state index is 0.0562. The molecule has 0 aliphatic heterocycles. The molecular formula is C23H20N4O5S. The number of anilines is 1. The Morgan fingerprint density at radius 2 is 1.73 bits per heavy atom. The summed E-state index contributed by atoms with van der Waals surface area (Å²) in [7, 11) is -2.58. The maximum Gasteiger partial charge on any atom is 0.270 e. The minimum Gasteiger partial charge on any atom is -0.497 e. The van der Waals surface area contributed by atoms with Crippen LogP contribution in [0.1, 0.15) is 16.8 Å². The number of sulfonamides is 1. The second-order valence-corrected chi connectivity index (χ2v) is 9.09. The number of nitro groups is 1. The van der Waals surface area contributed by atoms with Crippen LogP contribution in [0, 0.1) is 17.0 Å². The predicted octanol–water partition coefficient (Wildman–Crippen LogP) is 4.25. The third-order valence-corrected chi connectivity index (χ3v) is 6.27. The zero-order valence-electron chi connectivity index (χ0n) is 17.8. The van der Waals surface area contributed by atoms with E-state index in [9.17, 15) is 18.5 Å². The first-order valence-corrected chi connectivity index (χ1v) is 11.4. The highest BCUT2D eigenvalue weighted by atomic mass is 32.2. The molecule has 0 fully saturated rings. The van der Waals surface area contributed by atoms with Crippen molar-refractivity contribution in [1.82, 2.24) is 9.97 Å². The van der Waals surface area contributed by atoms with Crippen molar-refractivity contribution in [3.8, 4) is 5.75 Å². The summed E-state index contributed by atoms with van der Waals surface area (Å²) in [6, 6.07) is 17.7. The quantitative estimate of drug-likeness (QED) is 0.320. The van der Waals surface area contributed by atoms with Crippen LogP contribution in [0.4, 0.5) is 11.5 Å². The van der Waals surface area contributed by atoms with Crippen molar-refractivity contribution in [2.75, 3.05) is 11.8 Å². The number of benzene rings is 3. The SMILES string of the molecule is COc1cc(C)cc(Cc2nc3ccccc3nc2NS(=O)(=O)c2cccc([N+](=O)[O-])c2)c1. The number of nitrogens with zero attached hydrogens (tertiary/aromatic N) is 3. The van der Waals surface area contributed by atoms with Crippen molar-refractivity contribution in [2.24, 2.45) is 0 Å². The number of para-hydroxylation sites is 2. The van der Waals surface area contributed by atoms with Crippen molar-refractivity contribution >= 4 is 32.6 Å². The largest absolute Gasteiger partial charge is 0.497 e. The zero-order chi connectivity index (χ0) is 23.6. The van der Waals surface area contributed by atoms with Gasteiger partial charge in [0.05, 0.1) is 33.7 Å². The number of non-ortho nitro benzene ring substituents is 1. The predicted molar refractivity (Wildman–Crippen MR) is 124 cm³/mol. The Hall–Kier alpha value is -4.05. The van der Waals surface area contributed by atoms with E-state index in [-0.39, 0.29) is 16.4 Å². The normalized spacial score (nSPS) is 11.3. The van der Waals surface area contributed by atoms with Crippen LogP contribution in [-0.2, 0) is 16.4 Å². The van der Waals surface area contributed by atoms with Gasteiger partial charge in [-0.25, -0.2) is 18.4 Å². The number of rotatable bonds is 7. The lowest BCUT2D eigenvalue weighted by Crippen LogP contribution is -2.16. The molecule has 4 rings (SSSR count). The molecule has 1 heterocycles. The number of nitro benzene ring substituents is 1. The molecule has 0 atom stereocenters. The standard InChI is InChI=1S/C23H20N4O5S/c1-15-10-16(12-18(11-15)32-2)13-22-23(25-21-9-4-3-8-20(21)24-22)26-33(30,31)19-7-5-6-17(14-19)27(28)29/h3-12,14H,13H2,1-2H3,(H,25,26). The number of hydrogen-bond acceptors (Lipinski definition) is 7. The monoisotopic (exact) mass is 464 g/mol. The summed E-state index contributed by atoms with van der Waals surface area (Å²) in [6.45, 7) is 1.93. The van der Waals surface area contributed by atoms with Gasteiger partial charge >= 0.3 is 0 Å². The zero-order valence-corrected chi connectivity index (χ0v) is 18.7. The molecule has 4 aromatic rings. The molecule has 0 saturated carbocycles. The lowest BCUT2D eigenvalue weighted by atomic mass is 10.1. The van der Waals surface area contributed by atoms with E-state index in [1.54, 1.807) is 25.3 Å². The third kappa shape index (κ3) is 4.90. The molecule has 1 N–H and O–H groups in total. The van der Waals surface area contributed by atoms with Gasteiger partial charge in [-0.3, -0.25) is 14.8 Å². The summed E-state index contributed by atoms with van der Waals surface area (Å²) in [5.74, 6) is 0.734. The van der Waals surface area contributed by atoms with Gasteiger partial charge in [0.1, 0.15) is 5.75 Å². The number of fused-ring (bicyclic) bond motifs is 1. The molecule has 0 unspecified atom stereocenters. The summed E-state index contributed by atoms with van der Waals surface area (Å²) in [5, 5.41) is 11.1. The van der Waals surface area contributed by atoms with Crippen LogP contribution in [0.25, 0.3) is 11.0 Å². The second kappa shape index (κ2) is 8.83. The fraction of sp³-hybridized carbons (Fsp3) is 0.130. The molecule has 1 aromatic heterocycles. The van der Waals surface area contributed by atoms with Crippen molar-refractivity contribution in [1.29, 1.82) is 0 Å². The molecule has 0 saturated heterocycles. The Kier molecular flexibility index (Phi) is 5.93. The van der Waals surface area contributed by atoms with Gasteiger partial charge in [-0.05, 0) is 48.4 Å². The van der Waals surface area contributed by atoms with Gasteiger partial charge in [0.15, 0.2) is 5.82 Å². The van der Waals surface area contributed by atoms with Crippen molar-refractivity contribution in [3.05, 3.63) is 93.7 Å². The van der Waals surface area contributed by atoms with Gasteiger partial charge in [0, 0.05) is 18.6 Å². The number of aryl methyl sites for hydroxylation is 1. The first kappa shape index (κ1) is 22.2. The molecule has 0 radical (unpaired) electrons. The van der Waals surface area contributed by atoms with Crippen LogP contribution >= 0.6 is 0 Å². The van der Waals surface area contributed by atoms with Crippen LogP contribution in [0.3, 0.4) is 0 Å². The fourth-order valence-electron chi connectivity index (χ4n) is 3.43. The van der Waals surface area contributed by atoms with E-state index in [2.05, 4.69) is 14.7 Å². The third-order valence-electron chi connectivity index (χ3n) is 4.93. The van der Waals surface area contributed by atoms with Crippen LogP contribution in [0.5, 0.6) is 5.75 Å². The average Bonchev–Trinajstić information content (AvgIpc) is 2.79. The summed E-state index contributed by atoms with van der Waals surface area (Å²) < 4.78 is 33.9. The average molecular weight is 465 g/mol. The molecule has 0 spiro atoms. The molecule has 0 aliphatic carbocycles. The number of nitrogens with one attached hydrogen (secondary N) is 1. The van der Waals surface area contributed by atoms with Crippen LogP contribution in [0.2, 0.25) is 0 Å². The van der Waals surface area contributed by atoms with E-state index in [1.807, 2.05) is 31.2 Å². The summed E-state index contributed by atoms with van der Waals surface area (Å²) in [4.78, 5) is 19.3. The molecule has 33 heavy (non-hydrogen) atoms. The Morgan fingerprint density at radius 3 is 2.42 bits per heavy atom. The molecule has 3 aromatic carbocycles. The number of ether oxygens (including phenoxy) is 1. The summed E-state index contributed by atoms with van der Waals surface area (Å²) >= 11 is 0. The van der Waals surface area contributed by atoms with Gasteiger partial charge in [-0.2, -0.15) is 0 Å². The maximum absolute atomic E-state index is 13.1. The van der Waals surface area contributed by atoms with Crippen LogP contribution < -0.4 is 9.46 Å². The number of methoxy groups -OCH3 is 1. The minimum atomic E-state index is -4.16. The summed E-state index contributed by atoms with van der Waals surface area (Å²) in [5.41, 5.74) is 3.07. The first-order chi connectivity index (χ1) is 15.7. The molecule has 168 valence electrons. The molecular weight excluding hydrogens is 444 g/mol. The first-order valence-electron chi connectivity index (χ1n) is 9.93. The van der Waals surface area contributed by atoms with E-state index in [0.29, 0.717) is 28.9 Å². The highest BCUT2D eigenvalue weighted by molar-refractivity contribution is 7.92. The smallest absolute Gasteiger partial charge is 0.270 e. The highest BCUT2D eigenvalue weighted by Crippen LogP contribution is 2.26. The van der Waals surface area contributed by atoms with Gasteiger partial charge < -0.3 is 4.74 Å². The highest BCUT2D eigenvalue weighted by Gasteiger charge is 2.21. The van der Waals surface area contributed by atoms with E-state index in [0.717, 1.165) is 17.2 Å². The molecule has 0 aliphatic rings. The van der Waals surface area contributed by atoms with E-state index < -0.39 is 14.9 Å². The Morgan fingerprint density at radius 1 is 1.00 bits per heavy atom. The second-order valence-electron chi connectivity index (χ2n) is 7.40. The molecule has 0 amide bonds. The molecule has 0 bridgehead atoms. The fourth-order valence-corrected chi connectivity index (χ4v) is 4.50. The van der Waals surface area contributed by atoms with Crippen molar-refractivity contribution < 1.29 is 18.1 Å². The van der Waals surface area contributed by atoms with Gasteiger partial charge in [-0.1, -0.05) is 24.3 Å². The van der Waals surface area contributed by atoms with Gasteiger partial charge in [0.25, 0.3) is 15.7 Å². The molecule has 9 nitrogen and oxygen atoms in total. The van der Waals surface area contributed by atoms with E-state index >= 15 is 0 Å². The Labute approximate surface area is 190 Å². The van der Waals surface area contributed by atoms with Gasteiger partial charge in [0.2, 0.25) is 0 Å². The maximum atomic E-state index is 13.1. The Balaban J connectivity index is 1.79. The van der Waals surface area contributed by atoms with Crippen molar-refractivity contribution in [2.45, 2.75) is 18.2 Å².